The Morgan fingerprint density at radius 2 is 1.50 bits per heavy atom. The van der Waals surface area contributed by atoms with Crippen LogP contribution in [0.15, 0.2) is 29.3 Å². The van der Waals surface area contributed by atoms with Gasteiger partial charge in [0.2, 0.25) is 0 Å². The summed E-state index contributed by atoms with van der Waals surface area (Å²) < 4.78 is 90.9. The number of aliphatic hydroxyl groups excluding tert-OH is 1. The molecule has 0 saturated heterocycles. The summed E-state index contributed by atoms with van der Waals surface area (Å²) in [5, 5.41) is 9.56. The quantitative estimate of drug-likeness (QED) is 0.804. The van der Waals surface area contributed by atoms with Gasteiger partial charge in [0, 0.05) is 12.6 Å². The van der Waals surface area contributed by atoms with Crippen molar-refractivity contribution in [3.63, 3.8) is 0 Å². The molecule has 0 fully saturated rings. The third-order valence-electron chi connectivity index (χ3n) is 3.32. The fraction of sp³-hybridized carbons (Fsp3) is 0.417. The molecule has 1 N–H and O–H groups in total. The van der Waals surface area contributed by atoms with Crippen LogP contribution >= 0.6 is 0 Å². The van der Waals surface area contributed by atoms with Gasteiger partial charge in [0.25, 0.3) is 5.54 Å². The molecule has 122 valence electrons. The predicted molar refractivity (Wildman–Crippen MR) is 61.5 cm³/mol. The molecule has 1 aliphatic rings. The van der Waals surface area contributed by atoms with Crippen LogP contribution < -0.4 is 0 Å². The van der Waals surface area contributed by atoms with Gasteiger partial charge in [0.05, 0.1) is 0 Å². The number of hydrogen-bond donors (Lipinski definition) is 1. The van der Waals surface area contributed by atoms with E-state index >= 15 is 0 Å². The molecule has 1 heterocycles. The van der Waals surface area contributed by atoms with E-state index in [1.165, 1.54) is 0 Å². The number of hydrogen-bond acceptors (Lipinski definition) is 3. The van der Waals surface area contributed by atoms with Gasteiger partial charge in [0.15, 0.2) is 6.23 Å². The summed E-state index contributed by atoms with van der Waals surface area (Å²) in [5.41, 5.74) is -4.84. The minimum Gasteiger partial charge on any atom is -0.370 e. The van der Waals surface area contributed by atoms with E-state index in [0.717, 1.165) is 31.3 Å². The van der Waals surface area contributed by atoms with Crippen molar-refractivity contribution in [3.8, 4) is 0 Å². The Kier molecular flexibility index (Phi) is 3.63. The summed E-state index contributed by atoms with van der Waals surface area (Å²) in [6.45, 7) is 0. The number of rotatable bonds is 1. The average Bonchev–Trinajstić information content (AvgIpc) is 2.64. The van der Waals surface area contributed by atoms with Crippen molar-refractivity contribution in [2.75, 3.05) is 7.05 Å². The number of aliphatic hydroxyl groups is 1. The summed E-state index contributed by atoms with van der Waals surface area (Å²) in [5.74, 6) is -1.45. The van der Waals surface area contributed by atoms with Crippen molar-refractivity contribution in [2.45, 2.75) is 24.1 Å². The number of amidine groups is 1. The first-order chi connectivity index (χ1) is 9.92. The van der Waals surface area contributed by atoms with Crippen LogP contribution in [0.5, 0.6) is 0 Å². The maximum absolute atomic E-state index is 13.0. The monoisotopic (exact) mass is 330 g/mol. The summed E-state index contributed by atoms with van der Waals surface area (Å²) in [6.07, 6.45) is -14.7. The van der Waals surface area contributed by atoms with E-state index in [9.17, 15) is 35.8 Å². The molecule has 3 nitrogen and oxygen atoms in total. The number of halogens is 7. The number of nitrogens with zero attached hydrogens (tertiary/aromatic N) is 2. The zero-order valence-corrected chi connectivity index (χ0v) is 10.9. The predicted octanol–water partition coefficient (Wildman–Crippen LogP) is 2.70. The van der Waals surface area contributed by atoms with Crippen LogP contribution in [0.2, 0.25) is 0 Å². The minimum atomic E-state index is -5.86. The average molecular weight is 330 g/mol. The molecule has 0 spiro atoms. The molecule has 1 atom stereocenters. The molecular formula is C12H9F7N2O. The first-order valence-corrected chi connectivity index (χ1v) is 5.82. The van der Waals surface area contributed by atoms with Crippen molar-refractivity contribution in [1.82, 2.24) is 4.90 Å². The number of alkyl halides is 6. The molecule has 22 heavy (non-hydrogen) atoms. The first-order valence-electron chi connectivity index (χ1n) is 5.82. The standard InChI is InChI=1S/C12H9F7N2O/c1-21-8(6-2-4-7(13)5-3-6)20-10(9(21)22,11(14,15)16)12(17,18)19/h2-5,9,22H,1H3. The second-order valence-corrected chi connectivity index (χ2v) is 4.69. The summed E-state index contributed by atoms with van der Waals surface area (Å²) in [6, 6.07) is 3.67. The molecule has 10 heteroatoms. The first kappa shape index (κ1) is 16.5. The molecule has 0 aliphatic carbocycles. The fourth-order valence-electron chi connectivity index (χ4n) is 2.15. The molecule has 2 rings (SSSR count). The molecule has 0 bridgehead atoms. The Hall–Kier alpha value is -1.84. The molecule has 1 aliphatic heterocycles. The van der Waals surface area contributed by atoms with Gasteiger partial charge in [-0.2, -0.15) is 26.3 Å². The van der Waals surface area contributed by atoms with Gasteiger partial charge in [-0.1, -0.05) is 0 Å². The van der Waals surface area contributed by atoms with Crippen molar-refractivity contribution in [2.24, 2.45) is 4.99 Å². The third-order valence-corrected chi connectivity index (χ3v) is 3.32. The lowest BCUT2D eigenvalue weighted by Gasteiger charge is -2.35. The topological polar surface area (TPSA) is 35.8 Å². The molecule has 1 aromatic carbocycles. The molecule has 0 radical (unpaired) electrons. The van der Waals surface area contributed by atoms with Gasteiger partial charge in [-0.15, -0.1) is 0 Å². The van der Waals surface area contributed by atoms with Crippen LogP contribution in [-0.4, -0.2) is 47.0 Å². The van der Waals surface area contributed by atoms with Crippen LogP contribution in [0, 0.1) is 5.82 Å². The second-order valence-electron chi connectivity index (χ2n) is 4.69. The molecule has 0 amide bonds. The Morgan fingerprint density at radius 3 is 1.86 bits per heavy atom. The lowest BCUT2D eigenvalue weighted by Crippen LogP contribution is -2.63. The third kappa shape index (κ3) is 2.21. The van der Waals surface area contributed by atoms with Crippen molar-refractivity contribution >= 4 is 5.84 Å². The summed E-state index contributed by atoms with van der Waals surface area (Å²) >= 11 is 0. The second kappa shape index (κ2) is 4.83. The van der Waals surface area contributed by atoms with Crippen molar-refractivity contribution in [1.29, 1.82) is 0 Å². The normalized spacial score (nSPS) is 22.0. The van der Waals surface area contributed by atoms with Crippen LogP contribution in [0.1, 0.15) is 5.56 Å². The molecule has 1 unspecified atom stereocenters. The number of aliphatic imine (C=N–C) groups is 1. The van der Waals surface area contributed by atoms with Crippen LogP contribution in [0.4, 0.5) is 30.7 Å². The Balaban J connectivity index is 2.64. The minimum absolute atomic E-state index is 0.182. The van der Waals surface area contributed by atoms with Gasteiger partial charge in [-0.3, -0.25) is 0 Å². The fourth-order valence-corrected chi connectivity index (χ4v) is 2.15. The Morgan fingerprint density at radius 1 is 1.05 bits per heavy atom. The SMILES string of the molecule is CN1C(c2ccc(F)cc2)=NC(C(F)(F)F)(C(F)(F)F)C1O. The van der Waals surface area contributed by atoms with E-state index in [1.807, 2.05) is 0 Å². The number of benzene rings is 1. The summed E-state index contributed by atoms with van der Waals surface area (Å²) in [7, 11) is 0.839. The van der Waals surface area contributed by atoms with E-state index in [1.54, 1.807) is 0 Å². The lowest BCUT2D eigenvalue weighted by molar-refractivity contribution is -0.322. The van der Waals surface area contributed by atoms with Crippen LogP contribution in [-0.2, 0) is 0 Å². The van der Waals surface area contributed by atoms with E-state index in [-0.39, 0.29) is 5.56 Å². The van der Waals surface area contributed by atoms with Gasteiger partial charge in [-0.05, 0) is 24.3 Å². The van der Waals surface area contributed by atoms with E-state index in [4.69, 9.17) is 0 Å². The zero-order valence-electron chi connectivity index (χ0n) is 10.9. The van der Waals surface area contributed by atoms with Gasteiger partial charge in [-0.25, -0.2) is 9.38 Å². The molecule has 0 aromatic heterocycles. The Labute approximate surface area is 119 Å². The number of likely N-dealkylation sites (N-methyl/N-ethyl adjacent to an activating group) is 1. The zero-order chi connectivity index (χ0) is 16.9. The highest BCUT2D eigenvalue weighted by Gasteiger charge is 2.78. The van der Waals surface area contributed by atoms with Crippen molar-refractivity contribution < 1.29 is 35.8 Å². The smallest absolute Gasteiger partial charge is 0.370 e. The highest BCUT2D eigenvalue weighted by molar-refractivity contribution is 6.00. The largest absolute Gasteiger partial charge is 0.427 e. The van der Waals surface area contributed by atoms with E-state index in [2.05, 4.69) is 4.99 Å². The summed E-state index contributed by atoms with van der Waals surface area (Å²) in [4.78, 5) is 3.10. The highest BCUT2D eigenvalue weighted by atomic mass is 19.4. The van der Waals surface area contributed by atoms with Crippen molar-refractivity contribution in [3.05, 3.63) is 35.6 Å². The van der Waals surface area contributed by atoms with Gasteiger partial charge in [0.1, 0.15) is 11.7 Å². The maximum atomic E-state index is 13.0. The highest BCUT2D eigenvalue weighted by Crippen LogP contribution is 2.51. The van der Waals surface area contributed by atoms with E-state index in [0.29, 0.717) is 4.90 Å². The molecular weight excluding hydrogens is 321 g/mol. The molecule has 1 aromatic rings. The van der Waals surface area contributed by atoms with Gasteiger partial charge >= 0.3 is 12.4 Å². The van der Waals surface area contributed by atoms with E-state index < -0.39 is 35.8 Å². The maximum Gasteiger partial charge on any atom is 0.427 e. The molecule has 0 saturated carbocycles. The van der Waals surface area contributed by atoms with Crippen LogP contribution in [0.25, 0.3) is 0 Å². The Bertz CT molecular complexity index is 577. The van der Waals surface area contributed by atoms with Crippen LogP contribution in [0.3, 0.4) is 0 Å². The van der Waals surface area contributed by atoms with Gasteiger partial charge < -0.3 is 10.0 Å². The lowest BCUT2D eigenvalue weighted by atomic mass is 9.97.